The third kappa shape index (κ3) is 5.74. The number of piperazine rings is 1. The van der Waals surface area contributed by atoms with Crippen LogP contribution in [0.15, 0.2) is 42.6 Å². The van der Waals surface area contributed by atoms with E-state index in [9.17, 15) is 14.0 Å². The summed E-state index contributed by atoms with van der Waals surface area (Å²) in [5, 5.41) is 3.23. The second-order valence-electron chi connectivity index (χ2n) is 6.37. The molecule has 27 heavy (non-hydrogen) atoms. The molecule has 1 aliphatic rings. The standard InChI is InChI=1S/C19H20ClFN4O2/c20-15-3-6-17(22-12-15)23-18(26)13-24-7-9-25(10-8-24)19(27)11-14-1-4-16(21)5-2-14/h1-6,12H,7-11,13H2,(H,22,23,26). The van der Waals surface area contributed by atoms with Crippen LogP contribution < -0.4 is 5.32 Å². The fraction of sp³-hybridized carbons (Fsp3) is 0.316. The Hall–Kier alpha value is -2.51. The van der Waals surface area contributed by atoms with Gasteiger partial charge in [-0.1, -0.05) is 23.7 Å². The summed E-state index contributed by atoms with van der Waals surface area (Å²) in [6.07, 6.45) is 1.73. The van der Waals surface area contributed by atoms with Crippen LogP contribution >= 0.6 is 11.6 Å². The molecule has 2 amide bonds. The van der Waals surface area contributed by atoms with Gasteiger partial charge in [-0.25, -0.2) is 9.37 Å². The molecule has 1 aromatic heterocycles. The van der Waals surface area contributed by atoms with Crippen LogP contribution in [0, 0.1) is 5.82 Å². The Morgan fingerprint density at radius 3 is 2.41 bits per heavy atom. The minimum atomic E-state index is -0.313. The number of pyridine rings is 1. The minimum Gasteiger partial charge on any atom is -0.340 e. The number of carbonyl (C=O) groups excluding carboxylic acids is 2. The van der Waals surface area contributed by atoms with Gasteiger partial charge >= 0.3 is 0 Å². The second kappa shape index (κ2) is 8.92. The zero-order chi connectivity index (χ0) is 19.2. The molecule has 1 aliphatic heterocycles. The molecule has 8 heteroatoms. The third-order valence-corrected chi connectivity index (χ3v) is 4.58. The van der Waals surface area contributed by atoms with Gasteiger partial charge < -0.3 is 10.2 Å². The highest BCUT2D eigenvalue weighted by Crippen LogP contribution is 2.11. The van der Waals surface area contributed by atoms with Gasteiger partial charge in [-0.15, -0.1) is 0 Å². The molecule has 0 saturated carbocycles. The average molecular weight is 391 g/mol. The van der Waals surface area contributed by atoms with Gasteiger partial charge in [0.15, 0.2) is 0 Å². The molecule has 1 N–H and O–H groups in total. The number of nitrogens with one attached hydrogen (secondary N) is 1. The highest BCUT2D eigenvalue weighted by molar-refractivity contribution is 6.30. The van der Waals surface area contributed by atoms with Crippen molar-refractivity contribution in [1.29, 1.82) is 0 Å². The molecule has 0 aliphatic carbocycles. The molecule has 0 atom stereocenters. The van der Waals surface area contributed by atoms with E-state index in [1.54, 1.807) is 29.2 Å². The van der Waals surface area contributed by atoms with Gasteiger partial charge in [0.25, 0.3) is 0 Å². The Balaban J connectivity index is 1.42. The SMILES string of the molecule is O=C(CN1CCN(C(=O)Cc2ccc(F)cc2)CC1)Nc1ccc(Cl)cn1. The molecular formula is C19H20ClFN4O2. The number of amides is 2. The molecule has 3 rings (SSSR count). The third-order valence-electron chi connectivity index (χ3n) is 4.36. The fourth-order valence-corrected chi connectivity index (χ4v) is 2.99. The van der Waals surface area contributed by atoms with Crippen LogP contribution in [0.2, 0.25) is 5.02 Å². The zero-order valence-corrected chi connectivity index (χ0v) is 15.5. The summed E-state index contributed by atoms with van der Waals surface area (Å²) in [5.41, 5.74) is 0.790. The van der Waals surface area contributed by atoms with Gasteiger partial charge in [-0.3, -0.25) is 14.5 Å². The molecule has 1 saturated heterocycles. The van der Waals surface area contributed by atoms with Gasteiger partial charge in [0.1, 0.15) is 11.6 Å². The van der Waals surface area contributed by atoms with Gasteiger partial charge in [-0.05, 0) is 29.8 Å². The highest BCUT2D eigenvalue weighted by atomic mass is 35.5. The molecule has 0 bridgehead atoms. The Morgan fingerprint density at radius 2 is 1.78 bits per heavy atom. The number of benzene rings is 1. The summed E-state index contributed by atoms with van der Waals surface area (Å²) in [5.74, 6) is -0.00335. The first kappa shape index (κ1) is 19.3. The summed E-state index contributed by atoms with van der Waals surface area (Å²) in [7, 11) is 0. The van der Waals surface area contributed by atoms with E-state index in [1.165, 1.54) is 18.3 Å². The van der Waals surface area contributed by atoms with E-state index in [-0.39, 0.29) is 30.6 Å². The Kier molecular flexibility index (Phi) is 6.36. The predicted octanol–water partition coefficient (Wildman–Crippen LogP) is 2.20. The normalized spacial score (nSPS) is 14.8. The number of hydrogen-bond acceptors (Lipinski definition) is 4. The van der Waals surface area contributed by atoms with Crippen LogP contribution in [0.1, 0.15) is 5.56 Å². The number of rotatable bonds is 5. The largest absolute Gasteiger partial charge is 0.340 e. The van der Waals surface area contributed by atoms with E-state index in [4.69, 9.17) is 11.6 Å². The minimum absolute atomic E-state index is 0.0103. The lowest BCUT2D eigenvalue weighted by Crippen LogP contribution is -2.50. The topological polar surface area (TPSA) is 65.5 Å². The summed E-state index contributed by atoms with van der Waals surface area (Å²) in [6, 6.07) is 9.27. The van der Waals surface area contributed by atoms with Crippen LogP contribution in [-0.2, 0) is 16.0 Å². The van der Waals surface area contributed by atoms with Gasteiger partial charge in [-0.2, -0.15) is 0 Å². The molecule has 142 valence electrons. The van der Waals surface area contributed by atoms with Crippen molar-refractivity contribution in [3.63, 3.8) is 0 Å². The lowest BCUT2D eigenvalue weighted by Gasteiger charge is -2.34. The molecule has 1 fully saturated rings. The first-order valence-corrected chi connectivity index (χ1v) is 9.03. The average Bonchev–Trinajstić information content (AvgIpc) is 2.66. The predicted molar refractivity (Wildman–Crippen MR) is 101 cm³/mol. The van der Waals surface area contributed by atoms with Crippen molar-refractivity contribution in [3.05, 3.63) is 59.0 Å². The number of nitrogens with zero attached hydrogens (tertiary/aromatic N) is 3. The summed E-state index contributed by atoms with van der Waals surface area (Å²) in [6.45, 7) is 2.61. The van der Waals surface area contributed by atoms with Gasteiger partial charge in [0.05, 0.1) is 18.0 Å². The lowest BCUT2D eigenvalue weighted by atomic mass is 10.1. The lowest BCUT2D eigenvalue weighted by molar-refractivity contribution is -0.132. The van der Waals surface area contributed by atoms with E-state index in [2.05, 4.69) is 10.3 Å². The summed E-state index contributed by atoms with van der Waals surface area (Å²) in [4.78, 5) is 32.3. The van der Waals surface area contributed by atoms with Crippen molar-refractivity contribution in [2.45, 2.75) is 6.42 Å². The maximum atomic E-state index is 12.9. The van der Waals surface area contributed by atoms with Crippen LogP contribution in [0.4, 0.5) is 10.2 Å². The Bertz CT molecular complexity index is 790. The van der Waals surface area contributed by atoms with Crippen molar-refractivity contribution < 1.29 is 14.0 Å². The maximum absolute atomic E-state index is 12.9. The van der Waals surface area contributed by atoms with E-state index in [1.807, 2.05) is 4.90 Å². The van der Waals surface area contributed by atoms with Crippen molar-refractivity contribution in [2.75, 3.05) is 38.0 Å². The van der Waals surface area contributed by atoms with Crippen molar-refractivity contribution in [1.82, 2.24) is 14.8 Å². The first-order valence-electron chi connectivity index (χ1n) is 8.65. The van der Waals surface area contributed by atoms with Crippen LogP contribution in [-0.4, -0.2) is 59.3 Å². The van der Waals surface area contributed by atoms with Gasteiger partial charge in [0, 0.05) is 32.4 Å². The molecular weight excluding hydrogens is 371 g/mol. The highest BCUT2D eigenvalue weighted by Gasteiger charge is 2.22. The molecule has 2 heterocycles. The molecule has 2 aromatic rings. The summed E-state index contributed by atoms with van der Waals surface area (Å²) < 4.78 is 12.9. The number of halogens is 2. The van der Waals surface area contributed by atoms with Crippen LogP contribution in [0.3, 0.4) is 0 Å². The monoisotopic (exact) mass is 390 g/mol. The number of carbonyl (C=O) groups is 2. The molecule has 1 aromatic carbocycles. The first-order chi connectivity index (χ1) is 13.0. The quantitative estimate of drug-likeness (QED) is 0.850. The Labute approximate surface area is 161 Å². The Morgan fingerprint density at radius 1 is 1.07 bits per heavy atom. The number of anilines is 1. The molecule has 0 radical (unpaired) electrons. The smallest absolute Gasteiger partial charge is 0.239 e. The van der Waals surface area contributed by atoms with E-state index >= 15 is 0 Å². The van der Waals surface area contributed by atoms with E-state index in [0.29, 0.717) is 37.0 Å². The fourth-order valence-electron chi connectivity index (χ4n) is 2.88. The number of hydrogen-bond donors (Lipinski definition) is 1. The molecule has 0 unspecified atom stereocenters. The van der Waals surface area contributed by atoms with Crippen molar-refractivity contribution in [3.8, 4) is 0 Å². The number of aromatic nitrogens is 1. The van der Waals surface area contributed by atoms with Crippen LogP contribution in [0.25, 0.3) is 0 Å². The van der Waals surface area contributed by atoms with Crippen molar-refractivity contribution >= 4 is 29.2 Å². The van der Waals surface area contributed by atoms with E-state index < -0.39 is 0 Å². The second-order valence-corrected chi connectivity index (χ2v) is 6.81. The molecule has 0 spiro atoms. The molecule has 6 nitrogen and oxygen atoms in total. The van der Waals surface area contributed by atoms with Gasteiger partial charge in [0.2, 0.25) is 11.8 Å². The zero-order valence-electron chi connectivity index (χ0n) is 14.7. The maximum Gasteiger partial charge on any atom is 0.239 e. The summed E-state index contributed by atoms with van der Waals surface area (Å²) >= 11 is 5.77. The van der Waals surface area contributed by atoms with Crippen molar-refractivity contribution in [2.24, 2.45) is 0 Å². The van der Waals surface area contributed by atoms with Crippen LogP contribution in [0.5, 0.6) is 0 Å². The van der Waals surface area contributed by atoms with E-state index in [0.717, 1.165) is 5.56 Å².